The molecule has 1 aliphatic rings. The summed E-state index contributed by atoms with van der Waals surface area (Å²) in [5, 5.41) is 17.4. The average Bonchev–Trinajstić information content (AvgIpc) is 3.43. The molecule has 4 aromatic rings. The molecule has 4 heterocycles. The molecule has 0 bridgehead atoms. The minimum atomic E-state index is -1.42. The number of aromatic amines is 1. The van der Waals surface area contributed by atoms with Crippen LogP contribution in [0.5, 0.6) is 0 Å². The first kappa shape index (κ1) is 21.1. The van der Waals surface area contributed by atoms with E-state index in [-0.39, 0.29) is 16.9 Å². The number of aromatic nitrogens is 3. The predicted molar refractivity (Wildman–Crippen MR) is 117 cm³/mol. The Bertz CT molecular complexity index is 1410. The van der Waals surface area contributed by atoms with Gasteiger partial charge in [-0.25, -0.2) is 18.2 Å². The molecule has 0 atom stereocenters. The van der Waals surface area contributed by atoms with Gasteiger partial charge in [0.1, 0.15) is 17.6 Å². The molecule has 6 nitrogen and oxygen atoms in total. The van der Waals surface area contributed by atoms with Gasteiger partial charge in [-0.05, 0) is 43.9 Å². The summed E-state index contributed by atoms with van der Waals surface area (Å²) in [4.78, 5) is 6.36. The van der Waals surface area contributed by atoms with E-state index in [1.165, 1.54) is 0 Å². The quantitative estimate of drug-likeness (QED) is 0.403. The van der Waals surface area contributed by atoms with Crippen molar-refractivity contribution in [3.8, 4) is 28.7 Å². The van der Waals surface area contributed by atoms with E-state index < -0.39 is 23.0 Å². The number of furan rings is 1. The van der Waals surface area contributed by atoms with E-state index in [9.17, 15) is 18.4 Å². The average molecular weight is 451 g/mol. The summed E-state index contributed by atoms with van der Waals surface area (Å²) in [6.45, 7) is 5.66. The van der Waals surface area contributed by atoms with Crippen LogP contribution in [0.25, 0.3) is 33.6 Å². The number of rotatable bonds is 3. The van der Waals surface area contributed by atoms with E-state index in [4.69, 9.17) is 4.42 Å². The lowest BCUT2D eigenvalue weighted by atomic mass is 9.96. The number of fused-ring (bicyclic) bond motifs is 1. The molecule has 3 aromatic heterocycles. The topological polar surface area (TPSA) is 81.7 Å². The third-order valence-electron chi connectivity index (χ3n) is 6.21. The smallest absolute Gasteiger partial charge is 0.196 e. The van der Waals surface area contributed by atoms with Crippen LogP contribution >= 0.6 is 0 Å². The minimum absolute atomic E-state index is 0.122. The monoisotopic (exact) mass is 451 g/mol. The van der Waals surface area contributed by atoms with E-state index in [1.54, 1.807) is 13.0 Å². The van der Waals surface area contributed by atoms with Gasteiger partial charge in [0, 0.05) is 24.8 Å². The Morgan fingerprint density at radius 2 is 1.82 bits per heavy atom. The molecule has 168 valence electrons. The van der Waals surface area contributed by atoms with Crippen LogP contribution in [-0.4, -0.2) is 28.3 Å². The van der Waals surface area contributed by atoms with Crippen molar-refractivity contribution in [2.75, 3.05) is 18.0 Å². The molecule has 0 aliphatic carbocycles. The number of halogens is 3. The molecule has 0 unspecified atom stereocenters. The summed E-state index contributed by atoms with van der Waals surface area (Å²) in [7, 11) is 0. The minimum Gasteiger partial charge on any atom is -0.440 e. The second kappa shape index (κ2) is 7.96. The number of aryl methyl sites for hydroxylation is 1. The van der Waals surface area contributed by atoms with Crippen molar-refractivity contribution < 1.29 is 17.6 Å². The van der Waals surface area contributed by atoms with Crippen LogP contribution in [0, 0.1) is 41.6 Å². The first-order chi connectivity index (χ1) is 15.9. The molecule has 5 rings (SSSR count). The zero-order chi connectivity index (χ0) is 23.3. The van der Waals surface area contributed by atoms with Gasteiger partial charge in [-0.2, -0.15) is 10.4 Å². The first-order valence-electron chi connectivity index (χ1n) is 10.7. The number of hydrogen-bond acceptors (Lipinski definition) is 5. The normalized spacial score (nSPS) is 14.7. The molecule has 1 N–H and O–H groups in total. The fourth-order valence-corrected chi connectivity index (χ4v) is 4.34. The Labute approximate surface area is 187 Å². The lowest BCUT2D eigenvalue weighted by molar-refractivity contribution is 0.418. The summed E-state index contributed by atoms with van der Waals surface area (Å²) in [6, 6.07) is 7.04. The van der Waals surface area contributed by atoms with E-state index in [1.807, 2.05) is 12.1 Å². The van der Waals surface area contributed by atoms with Crippen molar-refractivity contribution in [1.82, 2.24) is 15.2 Å². The highest BCUT2D eigenvalue weighted by Crippen LogP contribution is 2.41. The van der Waals surface area contributed by atoms with Crippen LogP contribution < -0.4 is 4.90 Å². The molecule has 1 saturated heterocycles. The molecule has 0 spiro atoms. The van der Waals surface area contributed by atoms with Gasteiger partial charge < -0.3 is 9.32 Å². The van der Waals surface area contributed by atoms with Crippen LogP contribution in [-0.2, 0) is 0 Å². The highest BCUT2D eigenvalue weighted by atomic mass is 19.2. The van der Waals surface area contributed by atoms with Gasteiger partial charge in [0.15, 0.2) is 23.2 Å². The van der Waals surface area contributed by atoms with E-state index in [2.05, 4.69) is 27.0 Å². The molecule has 1 aromatic carbocycles. The van der Waals surface area contributed by atoms with Gasteiger partial charge >= 0.3 is 0 Å². The van der Waals surface area contributed by atoms with E-state index in [0.29, 0.717) is 40.3 Å². The summed E-state index contributed by atoms with van der Waals surface area (Å²) >= 11 is 0. The largest absolute Gasteiger partial charge is 0.440 e. The van der Waals surface area contributed by atoms with Crippen molar-refractivity contribution >= 4 is 16.9 Å². The van der Waals surface area contributed by atoms with Gasteiger partial charge in [-0.1, -0.05) is 6.92 Å². The van der Waals surface area contributed by atoms with Crippen LogP contribution in [0.2, 0.25) is 0 Å². The maximum absolute atomic E-state index is 14.7. The molecule has 1 aliphatic heterocycles. The number of pyridine rings is 1. The summed E-state index contributed by atoms with van der Waals surface area (Å²) in [5.74, 6) is -2.05. The fourth-order valence-electron chi connectivity index (χ4n) is 4.34. The van der Waals surface area contributed by atoms with Crippen molar-refractivity contribution in [3.63, 3.8) is 0 Å². The SMILES string of the molecule is Cc1[nH]nc2nc(-c3c(F)ccc(F)c3F)c(C#N)c(-c3ccc(N4CCC(C)CC4)o3)c12. The lowest BCUT2D eigenvalue weighted by Gasteiger charge is -2.29. The number of hydrogen-bond donors (Lipinski definition) is 1. The van der Waals surface area contributed by atoms with Gasteiger partial charge in [0.25, 0.3) is 0 Å². The number of nitrogens with one attached hydrogen (secondary N) is 1. The summed E-state index contributed by atoms with van der Waals surface area (Å²) in [5.41, 5.74) is -0.102. The van der Waals surface area contributed by atoms with Crippen LogP contribution in [0.4, 0.5) is 19.1 Å². The number of nitrogens with zero attached hydrogens (tertiary/aromatic N) is 4. The first-order valence-corrected chi connectivity index (χ1v) is 10.7. The summed E-state index contributed by atoms with van der Waals surface area (Å²) < 4.78 is 49.4. The van der Waals surface area contributed by atoms with Crippen molar-refractivity contribution in [2.45, 2.75) is 26.7 Å². The third kappa shape index (κ3) is 3.42. The molecule has 1 fully saturated rings. The van der Waals surface area contributed by atoms with Gasteiger partial charge in [0.2, 0.25) is 0 Å². The lowest BCUT2D eigenvalue weighted by Crippen LogP contribution is -2.32. The molecule has 0 radical (unpaired) electrons. The Hall–Kier alpha value is -3.80. The Morgan fingerprint density at radius 3 is 2.55 bits per heavy atom. The maximum Gasteiger partial charge on any atom is 0.196 e. The van der Waals surface area contributed by atoms with Crippen molar-refractivity contribution in [1.29, 1.82) is 5.26 Å². The second-order valence-corrected chi connectivity index (χ2v) is 8.40. The molecule has 0 amide bonds. The zero-order valence-electron chi connectivity index (χ0n) is 18.0. The third-order valence-corrected chi connectivity index (χ3v) is 6.21. The zero-order valence-corrected chi connectivity index (χ0v) is 18.0. The van der Waals surface area contributed by atoms with Crippen LogP contribution in [0.1, 0.15) is 31.0 Å². The van der Waals surface area contributed by atoms with E-state index >= 15 is 0 Å². The maximum atomic E-state index is 14.7. The second-order valence-electron chi connectivity index (χ2n) is 8.40. The molecule has 9 heteroatoms. The number of anilines is 1. The Kier molecular flexibility index (Phi) is 5.08. The Morgan fingerprint density at radius 1 is 1.09 bits per heavy atom. The summed E-state index contributed by atoms with van der Waals surface area (Å²) in [6.07, 6.45) is 2.09. The van der Waals surface area contributed by atoms with Gasteiger partial charge in [-0.15, -0.1) is 0 Å². The van der Waals surface area contributed by atoms with Crippen LogP contribution in [0.15, 0.2) is 28.7 Å². The predicted octanol–water partition coefficient (Wildman–Crippen LogP) is 5.72. The molecular formula is C24H20F3N5O. The van der Waals surface area contributed by atoms with Crippen LogP contribution in [0.3, 0.4) is 0 Å². The standard InChI is InChI=1S/C24H20F3N5O/c1-12-7-9-32(10-8-12)18-6-5-17(33-18)20-14(11-28)23(29-24-19(20)13(2)30-31-24)21-15(25)3-4-16(26)22(21)27/h3-6,12H,7-10H2,1-2H3,(H,29,30,31). The highest BCUT2D eigenvalue weighted by molar-refractivity contribution is 5.99. The highest BCUT2D eigenvalue weighted by Gasteiger charge is 2.28. The molecular weight excluding hydrogens is 431 g/mol. The molecule has 33 heavy (non-hydrogen) atoms. The Balaban J connectivity index is 1.74. The fraction of sp³-hybridized carbons (Fsp3) is 0.292. The molecule has 0 saturated carbocycles. The van der Waals surface area contributed by atoms with Crippen molar-refractivity contribution in [3.05, 3.63) is 53.0 Å². The number of benzene rings is 1. The van der Waals surface area contributed by atoms with Gasteiger partial charge in [0.05, 0.1) is 27.8 Å². The number of piperidine rings is 1. The number of nitriles is 1. The van der Waals surface area contributed by atoms with Crippen molar-refractivity contribution in [2.24, 2.45) is 5.92 Å². The van der Waals surface area contributed by atoms with Gasteiger partial charge in [-0.3, -0.25) is 5.10 Å². The van der Waals surface area contributed by atoms with E-state index in [0.717, 1.165) is 32.0 Å². The number of H-pyrrole nitrogens is 1.